The van der Waals surface area contributed by atoms with Gasteiger partial charge >= 0.3 is 5.97 Å². The first-order valence-corrected chi connectivity index (χ1v) is 9.01. The molecule has 0 radical (unpaired) electrons. The number of aliphatic imine (C=N–C) groups is 1. The van der Waals surface area contributed by atoms with Gasteiger partial charge in [-0.3, -0.25) is 24.5 Å². The molecule has 0 saturated heterocycles. The molecule has 1 aromatic rings. The number of rotatable bonds is 8. The van der Waals surface area contributed by atoms with Gasteiger partial charge in [0.2, 0.25) is 5.78 Å². The molecule has 7 heteroatoms. The van der Waals surface area contributed by atoms with Crippen molar-refractivity contribution in [3.8, 4) is 0 Å². The van der Waals surface area contributed by atoms with Gasteiger partial charge in [0.15, 0.2) is 0 Å². The SMILES string of the molecule is CCC(C)(C)C(=O)C(=O)N1CC=NC=C1C(=O)OCCCc1cccnc1. The van der Waals surface area contributed by atoms with E-state index >= 15 is 0 Å². The zero-order valence-electron chi connectivity index (χ0n) is 16.0. The molecule has 0 atom stereocenters. The normalized spacial score (nSPS) is 13.9. The summed E-state index contributed by atoms with van der Waals surface area (Å²) >= 11 is 0. The van der Waals surface area contributed by atoms with Crippen LogP contribution in [0, 0.1) is 5.41 Å². The van der Waals surface area contributed by atoms with Gasteiger partial charge in [-0.25, -0.2) is 4.79 Å². The van der Waals surface area contributed by atoms with Crippen molar-refractivity contribution in [1.82, 2.24) is 9.88 Å². The zero-order valence-corrected chi connectivity index (χ0v) is 16.0. The molecule has 1 aliphatic heterocycles. The van der Waals surface area contributed by atoms with E-state index in [2.05, 4.69) is 9.98 Å². The minimum absolute atomic E-state index is 0.0101. The summed E-state index contributed by atoms with van der Waals surface area (Å²) < 4.78 is 5.27. The number of hydrogen-bond donors (Lipinski definition) is 0. The Hall–Kier alpha value is -2.83. The van der Waals surface area contributed by atoms with Crippen LogP contribution in [0.15, 0.2) is 41.4 Å². The van der Waals surface area contributed by atoms with Gasteiger partial charge in [0.05, 0.1) is 19.4 Å². The highest BCUT2D eigenvalue weighted by Gasteiger charge is 2.37. The third-order valence-electron chi connectivity index (χ3n) is 4.57. The molecule has 27 heavy (non-hydrogen) atoms. The van der Waals surface area contributed by atoms with Crippen LogP contribution >= 0.6 is 0 Å². The van der Waals surface area contributed by atoms with Crippen LogP contribution in [-0.2, 0) is 25.5 Å². The molecule has 2 heterocycles. The molecule has 144 valence electrons. The first-order valence-electron chi connectivity index (χ1n) is 9.01. The van der Waals surface area contributed by atoms with Crippen LogP contribution in [0.3, 0.4) is 0 Å². The summed E-state index contributed by atoms with van der Waals surface area (Å²) in [5.74, 6) is -1.91. The van der Waals surface area contributed by atoms with Crippen LogP contribution in [-0.4, -0.2) is 46.9 Å². The summed E-state index contributed by atoms with van der Waals surface area (Å²) in [6.07, 6.45) is 8.08. The molecule has 0 aromatic carbocycles. The first-order chi connectivity index (χ1) is 12.9. The average molecular weight is 371 g/mol. The highest BCUT2D eigenvalue weighted by molar-refractivity contribution is 6.39. The monoisotopic (exact) mass is 371 g/mol. The van der Waals surface area contributed by atoms with Gasteiger partial charge < -0.3 is 4.74 Å². The van der Waals surface area contributed by atoms with Crippen molar-refractivity contribution >= 4 is 23.9 Å². The van der Waals surface area contributed by atoms with E-state index in [1.165, 1.54) is 12.4 Å². The number of pyridine rings is 1. The van der Waals surface area contributed by atoms with Crippen LogP contribution in [0.4, 0.5) is 0 Å². The topological polar surface area (TPSA) is 88.9 Å². The van der Waals surface area contributed by atoms with E-state index in [4.69, 9.17) is 4.74 Å². The standard InChI is InChI=1S/C20H25N3O4/c1-4-20(2,3)17(24)18(25)23-11-10-22-14-16(23)19(26)27-12-6-8-15-7-5-9-21-13-15/h5,7,9-10,13-14H,4,6,8,11-12H2,1-3H3. The molecule has 1 aromatic heterocycles. The first kappa shape index (κ1) is 20.5. The highest BCUT2D eigenvalue weighted by atomic mass is 16.5. The Bertz CT molecular complexity index is 754. The van der Waals surface area contributed by atoms with E-state index in [1.54, 1.807) is 26.2 Å². The van der Waals surface area contributed by atoms with Crippen molar-refractivity contribution in [1.29, 1.82) is 0 Å². The lowest BCUT2D eigenvalue weighted by molar-refractivity contribution is -0.150. The van der Waals surface area contributed by atoms with Crippen molar-refractivity contribution in [3.63, 3.8) is 0 Å². The summed E-state index contributed by atoms with van der Waals surface area (Å²) in [5, 5.41) is 0. The van der Waals surface area contributed by atoms with Crippen molar-refractivity contribution in [3.05, 3.63) is 42.0 Å². The van der Waals surface area contributed by atoms with E-state index in [0.29, 0.717) is 12.8 Å². The lowest BCUT2D eigenvalue weighted by Crippen LogP contribution is -2.45. The molecule has 0 aliphatic carbocycles. The number of carbonyl (C=O) groups is 3. The maximum absolute atomic E-state index is 12.6. The Labute approximate surface area is 159 Å². The predicted octanol–water partition coefficient (Wildman–Crippen LogP) is 2.32. The number of ketones is 1. The van der Waals surface area contributed by atoms with Crippen LogP contribution in [0.25, 0.3) is 0 Å². The summed E-state index contributed by atoms with van der Waals surface area (Å²) in [6, 6.07) is 3.80. The van der Waals surface area contributed by atoms with Crippen LogP contribution in [0.1, 0.15) is 39.2 Å². The van der Waals surface area contributed by atoms with E-state index < -0.39 is 23.1 Å². The molecule has 0 fully saturated rings. The summed E-state index contributed by atoms with van der Waals surface area (Å²) in [5.41, 5.74) is 0.257. The molecule has 2 rings (SSSR count). The molecular weight excluding hydrogens is 346 g/mol. The summed E-state index contributed by atoms with van der Waals surface area (Å²) in [6.45, 7) is 5.54. The van der Waals surface area contributed by atoms with Gasteiger partial charge in [0, 0.05) is 24.0 Å². The predicted molar refractivity (Wildman–Crippen MR) is 101 cm³/mol. The molecule has 1 aliphatic rings. The smallest absolute Gasteiger partial charge is 0.356 e. The van der Waals surface area contributed by atoms with Crippen molar-refractivity contribution < 1.29 is 19.1 Å². The quantitative estimate of drug-likeness (QED) is 0.397. The Morgan fingerprint density at radius 3 is 2.74 bits per heavy atom. The van der Waals surface area contributed by atoms with E-state index in [1.807, 2.05) is 19.1 Å². The number of aryl methyl sites for hydroxylation is 1. The number of esters is 1. The third kappa shape index (κ3) is 5.32. The van der Waals surface area contributed by atoms with Crippen molar-refractivity contribution in [2.75, 3.05) is 13.2 Å². The number of amides is 1. The molecule has 0 bridgehead atoms. The van der Waals surface area contributed by atoms with E-state index in [-0.39, 0.29) is 18.8 Å². The Balaban J connectivity index is 1.94. The van der Waals surface area contributed by atoms with Gasteiger partial charge in [-0.2, -0.15) is 0 Å². The molecule has 7 nitrogen and oxygen atoms in total. The number of carbonyl (C=O) groups excluding carboxylic acids is 3. The average Bonchev–Trinajstić information content (AvgIpc) is 2.70. The third-order valence-corrected chi connectivity index (χ3v) is 4.57. The van der Waals surface area contributed by atoms with Gasteiger partial charge in [-0.1, -0.05) is 26.8 Å². The fraction of sp³-hybridized carbons (Fsp3) is 0.450. The molecule has 0 unspecified atom stereocenters. The minimum atomic E-state index is -0.787. The second kappa shape index (κ2) is 9.21. The lowest BCUT2D eigenvalue weighted by atomic mass is 9.84. The number of nitrogens with zero attached hydrogens (tertiary/aromatic N) is 3. The molecular formula is C20H25N3O4. The number of hydrogen-bond acceptors (Lipinski definition) is 6. The van der Waals surface area contributed by atoms with E-state index in [9.17, 15) is 14.4 Å². The summed E-state index contributed by atoms with van der Waals surface area (Å²) in [4.78, 5) is 46.5. The fourth-order valence-electron chi connectivity index (χ4n) is 2.41. The molecule has 0 saturated carbocycles. The van der Waals surface area contributed by atoms with Crippen LogP contribution in [0.2, 0.25) is 0 Å². The lowest BCUT2D eigenvalue weighted by Gasteiger charge is -2.27. The maximum Gasteiger partial charge on any atom is 0.356 e. The van der Waals surface area contributed by atoms with Gasteiger partial charge in [0.1, 0.15) is 5.70 Å². The van der Waals surface area contributed by atoms with Gasteiger partial charge in [0.25, 0.3) is 5.91 Å². The molecule has 0 N–H and O–H groups in total. The molecule has 1 amide bonds. The Morgan fingerprint density at radius 2 is 2.07 bits per heavy atom. The van der Waals surface area contributed by atoms with Crippen molar-refractivity contribution in [2.45, 2.75) is 40.0 Å². The zero-order chi connectivity index (χ0) is 19.9. The number of aromatic nitrogens is 1. The van der Waals surface area contributed by atoms with Crippen LogP contribution in [0.5, 0.6) is 0 Å². The fourth-order valence-corrected chi connectivity index (χ4v) is 2.41. The van der Waals surface area contributed by atoms with Crippen molar-refractivity contribution in [2.24, 2.45) is 10.4 Å². The minimum Gasteiger partial charge on any atom is -0.461 e. The Morgan fingerprint density at radius 1 is 1.30 bits per heavy atom. The maximum atomic E-state index is 12.6. The van der Waals surface area contributed by atoms with Crippen LogP contribution < -0.4 is 0 Å². The Kier molecular flexibility index (Phi) is 6.98. The number of ether oxygens (including phenoxy) is 1. The highest BCUT2D eigenvalue weighted by Crippen LogP contribution is 2.23. The second-order valence-corrected chi connectivity index (χ2v) is 6.93. The van der Waals surface area contributed by atoms with E-state index in [0.717, 1.165) is 16.9 Å². The summed E-state index contributed by atoms with van der Waals surface area (Å²) in [7, 11) is 0. The number of Topliss-reactive ketones (excluding diaryl/α,β-unsaturated/α-hetero) is 1. The largest absolute Gasteiger partial charge is 0.461 e. The van der Waals surface area contributed by atoms with Gasteiger partial charge in [-0.15, -0.1) is 0 Å². The second-order valence-electron chi connectivity index (χ2n) is 6.93. The van der Waals surface area contributed by atoms with Gasteiger partial charge in [-0.05, 0) is 30.9 Å². The molecule has 0 spiro atoms.